The molecule has 4 heterocycles. The fourth-order valence-electron chi connectivity index (χ4n) is 6.83. The Labute approximate surface area is 233 Å². The molecule has 7 heteroatoms. The lowest BCUT2D eigenvalue weighted by molar-refractivity contribution is -0.261. The fraction of sp³-hybridized carbons (Fsp3) is 0.933. The lowest BCUT2D eigenvalue weighted by Crippen LogP contribution is -2.57. The minimum absolute atomic E-state index is 0.0151. The smallest absolute Gasteiger partial charge is 0.0954 e. The molecule has 214 valence electrons. The Morgan fingerprint density at radius 1 is 0.865 bits per heavy atom. The molecule has 0 saturated carbocycles. The molecule has 0 radical (unpaired) electrons. The van der Waals surface area contributed by atoms with E-state index in [1.54, 1.807) is 0 Å². The molecule has 4 aliphatic heterocycles. The first kappa shape index (κ1) is 30.0. The van der Waals surface area contributed by atoms with E-state index in [0.717, 1.165) is 38.5 Å². The molecule has 0 unspecified atom stereocenters. The summed E-state index contributed by atoms with van der Waals surface area (Å²) in [6.07, 6.45) is 10.2. The van der Waals surface area contributed by atoms with E-state index in [2.05, 4.69) is 69.6 Å². The summed E-state index contributed by atoms with van der Waals surface area (Å²) in [7, 11) is 0. The number of halogens is 1. The minimum atomic E-state index is -1.04. The molecule has 6 nitrogen and oxygen atoms in total. The lowest BCUT2D eigenvalue weighted by Gasteiger charge is -2.49. The Balaban J connectivity index is 1.44. The highest BCUT2D eigenvalue weighted by atomic mass is 79.9. The first-order valence-corrected chi connectivity index (χ1v) is 15.3. The molecule has 0 amide bonds. The van der Waals surface area contributed by atoms with Crippen LogP contribution in [-0.2, 0) is 18.9 Å². The van der Waals surface area contributed by atoms with Crippen LogP contribution in [0, 0.1) is 0 Å². The third-order valence-corrected chi connectivity index (χ3v) is 11.2. The van der Waals surface area contributed by atoms with Gasteiger partial charge in [-0.25, -0.2) is 0 Å². The van der Waals surface area contributed by atoms with Crippen LogP contribution in [0.2, 0.25) is 0 Å². The SMILES string of the molecule is CC1(C)C=CC[C@]2(C)O[C@@H]3CC[C@@H]([C@](C)(O)CC[C@@H]4OC(C)(C)[C@H](Br)CC[C@]4(C)O)O[C@@]3(C)CC[C@H]2O1. The topological polar surface area (TPSA) is 77.4 Å². The monoisotopic (exact) mass is 586 g/mol. The average molecular weight is 588 g/mol. The van der Waals surface area contributed by atoms with Gasteiger partial charge in [0.2, 0.25) is 0 Å². The van der Waals surface area contributed by atoms with Crippen LogP contribution in [0.25, 0.3) is 0 Å². The van der Waals surface area contributed by atoms with E-state index in [1.165, 1.54) is 0 Å². The van der Waals surface area contributed by atoms with Crippen LogP contribution in [0.1, 0.15) is 113 Å². The van der Waals surface area contributed by atoms with Crippen molar-refractivity contribution in [1.29, 1.82) is 0 Å². The predicted octanol–water partition coefficient (Wildman–Crippen LogP) is 5.99. The largest absolute Gasteiger partial charge is 0.387 e. The highest BCUT2D eigenvalue weighted by molar-refractivity contribution is 9.09. The van der Waals surface area contributed by atoms with Gasteiger partial charge >= 0.3 is 0 Å². The maximum atomic E-state index is 11.7. The maximum absolute atomic E-state index is 11.7. The Morgan fingerprint density at radius 2 is 1.54 bits per heavy atom. The van der Waals surface area contributed by atoms with Gasteiger partial charge in [0.15, 0.2) is 0 Å². The predicted molar refractivity (Wildman–Crippen MR) is 149 cm³/mol. The Kier molecular flexibility index (Phi) is 8.19. The summed E-state index contributed by atoms with van der Waals surface area (Å²) in [5.41, 5.74) is -3.58. The zero-order valence-corrected chi connectivity index (χ0v) is 25.9. The first-order valence-electron chi connectivity index (χ1n) is 14.4. The van der Waals surface area contributed by atoms with E-state index in [-0.39, 0.29) is 34.8 Å². The van der Waals surface area contributed by atoms with Gasteiger partial charge in [-0.1, -0.05) is 28.1 Å². The second kappa shape index (κ2) is 10.1. The molecule has 3 saturated heterocycles. The third kappa shape index (κ3) is 6.34. The van der Waals surface area contributed by atoms with Gasteiger partial charge in [0.1, 0.15) is 0 Å². The third-order valence-electron chi connectivity index (χ3n) is 9.67. The molecule has 3 fully saturated rings. The van der Waals surface area contributed by atoms with Crippen molar-refractivity contribution in [3.8, 4) is 0 Å². The van der Waals surface area contributed by atoms with Crippen LogP contribution < -0.4 is 0 Å². The molecule has 0 bridgehead atoms. The van der Waals surface area contributed by atoms with Crippen molar-refractivity contribution in [2.24, 2.45) is 0 Å². The minimum Gasteiger partial charge on any atom is -0.387 e. The van der Waals surface area contributed by atoms with E-state index in [4.69, 9.17) is 18.9 Å². The van der Waals surface area contributed by atoms with Crippen molar-refractivity contribution in [3.63, 3.8) is 0 Å². The molecule has 37 heavy (non-hydrogen) atoms. The van der Waals surface area contributed by atoms with Crippen LogP contribution in [-0.4, -0.2) is 73.1 Å². The molecule has 0 aromatic carbocycles. The van der Waals surface area contributed by atoms with Gasteiger partial charge in [0, 0.05) is 4.83 Å². The standard InChI is InChI=1S/C30H51BrO6/c1-25(2)15-9-16-29(7)24(34-25)14-19-30(8)23(37-29)11-10-21(36-30)28(6,33)18-13-22-27(5,32)17-12-20(31)26(3,4)35-22/h9,15,20-24,32-33H,10-14,16-19H2,1-8H3/t20-,21+,22+,23-,24-,27+,28-,29+,30+/m1/s1. The quantitative estimate of drug-likeness (QED) is 0.311. The number of hydrogen-bond donors (Lipinski definition) is 2. The Morgan fingerprint density at radius 3 is 2.24 bits per heavy atom. The normalized spacial score (nSPS) is 47.5. The number of hydrogen-bond acceptors (Lipinski definition) is 6. The number of rotatable bonds is 4. The molecule has 4 rings (SSSR count). The van der Waals surface area contributed by atoms with Crippen LogP contribution >= 0.6 is 15.9 Å². The van der Waals surface area contributed by atoms with Gasteiger partial charge in [0.25, 0.3) is 0 Å². The Hall–Kier alpha value is -0.0200. The molecule has 0 aromatic rings. The summed E-state index contributed by atoms with van der Waals surface area (Å²) in [6, 6.07) is 0. The van der Waals surface area contributed by atoms with Gasteiger partial charge < -0.3 is 29.2 Å². The molecule has 9 atom stereocenters. The molecule has 0 aromatic heterocycles. The van der Waals surface area contributed by atoms with E-state index in [9.17, 15) is 10.2 Å². The van der Waals surface area contributed by atoms with Gasteiger partial charge in [0.05, 0.1) is 58.0 Å². The summed E-state index contributed by atoms with van der Waals surface area (Å²) >= 11 is 3.74. The summed E-state index contributed by atoms with van der Waals surface area (Å²) in [5, 5.41) is 22.9. The van der Waals surface area contributed by atoms with Crippen LogP contribution in [0.15, 0.2) is 12.2 Å². The molecule has 0 spiro atoms. The van der Waals surface area contributed by atoms with E-state index >= 15 is 0 Å². The lowest BCUT2D eigenvalue weighted by atomic mass is 9.79. The second-order valence-electron chi connectivity index (χ2n) is 14.2. The fourth-order valence-corrected chi connectivity index (χ4v) is 7.16. The molecule has 4 aliphatic rings. The zero-order valence-electron chi connectivity index (χ0n) is 24.3. The van der Waals surface area contributed by atoms with Gasteiger partial charge in [-0.05, 0) is 113 Å². The zero-order chi connectivity index (χ0) is 27.5. The first-order chi connectivity index (χ1) is 16.9. The number of fused-ring (bicyclic) bond motifs is 2. The van der Waals surface area contributed by atoms with Crippen molar-refractivity contribution in [1.82, 2.24) is 0 Å². The number of ether oxygens (including phenoxy) is 4. The van der Waals surface area contributed by atoms with E-state index < -0.39 is 28.0 Å². The molecular weight excluding hydrogens is 536 g/mol. The number of aliphatic hydroxyl groups is 2. The second-order valence-corrected chi connectivity index (χ2v) is 15.3. The summed E-state index contributed by atoms with van der Waals surface area (Å²) in [6.45, 7) is 16.4. The van der Waals surface area contributed by atoms with Crippen molar-refractivity contribution in [2.75, 3.05) is 0 Å². The van der Waals surface area contributed by atoms with Crippen molar-refractivity contribution >= 4 is 15.9 Å². The highest BCUT2D eigenvalue weighted by Crippen LogP contribution is 2.47. The molecular formula is C30H51BrO6. The van der Waals surface area contributed by atoms with Crippen molar-refractivity contribution in [2.45, 2.75) is 176 Å². The highest BCUT2D eigenvalue weighted by Gasteiger charge is 2.54. The van der Waals surface area contributed by atoms with Crippen LogP contribution in [0.4, 0.5) is 0 Å². The summed E-state index contributed by atoms with van der Waals surface area (Å²) in [5.74, 6) is 0. The summed E-state index contributed by atoms with van der Waals surface area (Å²) in [4.78, 5) is 0.172. The van der Waals surface area contributed by atoms with Crippen LogP contribution in [0.3, 0.4) is 0 Å². The van der Waals surface area contributed by atoms with Crippen molar-refractivity contribution < 1.29 is 29.2 Å². The summed E-state index contributed by atoms with van der Waals surface area (Å²) < 4.78 is 26.6. The van der Waals surface area contributed by atoms with Gasteiger partial charge in [-0.2, -0.15) is 0 Å². The van der Waals surface area contributed by atoms with E-state index in [0.29, 0.717) is 19.3 Å². The Bertz CT molecular complexity index is 853. The van der Waals surface area contributed by atoms with E-state index in [1.807, 2.05) is 13.8 Å². The number of alkyl halides is 1. The molecule has 0 aliphatic carbocycles. The average Bonchev–Trinajstić information content (AvgIpc) is 3.00. The van der Waals surface area contributed by atoms with Crippen molar-refractivity contribution in [3.05, 3.63) is 12.2 Å². The van der Waals surface area contributed by atoms with Gasteiger partial charge in [-0.3, -0.25) is 0 Å². The van der Waals surface area contributed by atoms with Gasteiger partial charge in [-0.15, -0.1) is 0 Å². The maximum Gasteiger partial charge on any atom is 0.0954 e. The van der Waals surface area contributed by atoms with Crippen LogP contribution in [0.5, 0.6) is 0 Å². The molecule has 2 N–H and O–H groups in total.